The van der Waals surface area contributed by atoms with Crippen molar-refractivity contribution in [2.75, 3.05) is 11.4 Å². The largest absolute Gasteiger partial charge is 0.339 e. The molecular formula is C16H15BrFNO. The first-order valence-corrected chi connectivity index (χ1v) is 7.16. The maximum Gasteiger partial charge on any atom is 0.160 e. The van der Waals surface area contributed by atoms with E-state index in [1.165, 1.54) is 13.0 Å². The van der Waals surface area contributed by atoms with Crippen LogP contribution in [0.3, 0.4) is 0 Å². The summed E-state index contributed by atoms with van der Waals surface area (Å²) in [6.07, 6.45) is 0. The number of ketones is 1. The third-order valence-corrected chi connectivity index (χ3v) is 3.76. The molecule has 0 aliphatic heterocycles. The van der Waals surface area contributed by atoms with Gasteiger partial charge in [0, 0.05) is 22.3 Å². The molecule has 0 saturated heterocycles. The molecule has 0 N–H and O–H groups in total. The number of Topliss-reactive ketones (excluding diaryl/α,β-unsaturated/α-hetero) is 1. The number of hydrogen-bond acceptors (Lipinski definition) is 2. The smallest absolute Gasteiger partial charge is 0.160 e. The van der Waals surface area contributed by atoms with Gasteiger partial charge >= 0.3 is 0 Å². The number of nitrogens with zero attached hydrogens (tertiary/aromatic N) is 1. The Morgan fingerprint density at radius 1 is 1.25 bits per heavy atom. The van der Waals surface area contributed by atoms with Crippen molar-refractivity contribution in [3.8, 4) is 0 Å². The zero-order valence-corrected chi connectivity index (χ0v) is 12.9. The fourth-order valence-corrected chi connectivity index (χ4v) is 2.77. The molecule has 0 bridgehead atoms. The van der Waals surface area contributed by atoms with E-state index < -0.39 is 0 Å². The van der Waals surface area contributed by atoms with E-state index in [0.29, 0.717) is 17.8 Å². The molecule has 0 amide bonds. The summed E-state index contributed by atoms with van der Waals surface area (Å²) in [6, 6.07) is 12.1. The zero-order chi connectivity index (χ0) is 14.7. The van der Waals surface area contributed by atoms with Crippen LogP contribution in [0.25, 0.3) is 0 Å². The van der Waals surface area contributed by atoms with Crippen molar-refractivity contribution in [3.05, 3.63) is 58.3 Å². The van der Waals surface area contributed by atoms with Gasteiger partial charge in [-0.3, -0.25) is 4.79 Å². The lowest BCUT2D eigenvalue weighted by Crippen LogP contribution is -2.17. The molecule has 0 saturated carbocycles. The van der Waals surface area contributed by atoms with E-state index >= 15 is 0 Å². The van der Waals surface area contributed by atoms with E-state index in [1.54, 1.807) is 24.3 Å². The third kappa shape index (κ3) is 2.90. The van der Waals surface area contributed by atoms with Gasteiger partial charge in [0.15, 0.2) is 5.78 Å². The molecule has 0 heterocycles. The van der Waals surface area contributed by atoms with Crippen molar-refractivity contribution >= 4 is 33.1 Å². The van der Waals surface area contributed by atoms with Crippen LogP contribution in [0, 0.1) is 5.82 Å². The van der Waals surface area contributed by atoms with Gasteiger partial charge in [-0.15, -0.1) is 0 Å². The summed E-state index contributed by atoms with van der Waals surface area (Å²) < 4.78 is 14.6. The SMILES string of the molecule is CCN(c1ccc(C(C)=O)c(Br)c1)c1ccccc1F. The number of para-hydroxylation sites is 1. The summed E-state index contributed by atoms with van der Waals surface area (Å²) in [6.45, 7) is 4.11. The Morgan fingerprint density at radius 2 is 1.95 bits per heavy atom. The van der Waals surface area contributed by atoms with E-state index in [-0.39, 0.29) is 11.6 Å². The maximum atomic E-state index is 13.9. The Hall–Kier alpha value is -1.68. The molecule has 2 rings (SSSR count). The number of carbonyl (C=O) groups excluding carboxylic acids is 1. The van der Waals surface area contributed by atoms with Crippen LogP contribution < -0.4 is 4.90 Å². The van der Waals surface area contributed by atoms with Crippen LogP contribution in [0.1, 0.15) is 24.2 Å². The van der Waals surface area contributed by atoms with Crippen molar-refractivity contribution in [2.45, 2.75) is 13.8 Å². The first kappa shape index (κ1) is 14.7. The van der Waals surface area contributed by atoms with Crippen LogP contribution >= 0.6 is 15.9 Å². The fourth-order valence-electron chi connectivity index (χ4n) is 2.12. The van der Waals surface area contributed by atoms with Crippen LogP contribution in [-0.4, -0.2) is 12.3 Å². The van der Waals surface area contributed by atoms with Gasteiger partial charge in [0.1, 0.15) is 5.82 Å². The molecule has 0 aliphatic rings. The average Bonchev–Trinajstić information content (AvgIpc) is 2.41. The van der Waals surface area contributed by atoms with Crippen LogP contribution in [0.5, 0.6) is 0 Å². The molecule has 0 spiro atoms. The Morgan fingerprint density at radius 3 is 2.50 bits per heavy atom. The Bertz CT molecular complexity index is 642. The highest BCUT2D eigenvalue weighted by Crippen LogP contribution is 2.31. The summed E-state index contributed by atoms with van der Waals surface area (Å²) in [4.78, 5) is 13.3. The molecule has 2 nitrogen and oxygen atoms in total. The highest BCUT2D eigenvalue weighted by molar-refractivity contribution is 9.10. The maximum absolute atomic E-state index is 13.9. The summed E-state index contributed by atoms with van der Waals surface area (Å²) in [5.74, 6) is -0.265. The van der Waals surface area contributed by atoms with Gasteiger partial charge < -0.3 is 4.90 Å². The molecule has 2 aromatic rings. The monoisotopic (exact) mass is 335 g/mol. The van der Waals surface area contributed by atoms with Gasteiger partial charge in [-0.05, 0) is 60.1 Å². The lowest BCUT2D eigenvalue weighted by molar-refractivity contribution is 0.101. The summed E-state index contributed by atoms with van der Waals surface area (Å²) in [5.41, 5.74) is 1.99. The molecule has 0 aliphatic carbocycles. The molecule has 4 heteroatoms. The average molecular weight is 336 g/mol. The second-order valence-electron chi connectivity index (χ2n) is 4.42. The number of anilines is 2. The number of halogens is 2. The normalized spacial score (nSPS) is 10.4. The number of hydrogen-bond donors (Lipinski definition) is 0. The standard InChI is InChI=1S/C16H15BrFNO/c1-3-19(16-7-5-4-6-15(16)18)12-8-9-13(11(2)20)14(17)10-12/h4-10H,3H2,1-2H3. The van der Waals surface area contributed by atoms with Crippen LogP contribution in [0.15, 0.2) is 46.9 Å². The second-order valence-corrected chi connectivity index (χ2v) is 5.27. The molecule has 20 heavy (non-hydrogen) atoms. The lowest BCUT2D eigenvalue weighted by atomic mass is 10.1. The van der Waals surface area contributed by atoms with E-state index in [4.69, 9.17) is 0 Å². The van der Waals surface area contributed by atoms with Crippen molar-refractivity contribution in [3.63, 3.8) is 0 Å². The number of benzene rings is 2. The number of rotatable bonds is 4. The number of carbonyl (C=O) groups is 1. The Balaban J connectivity index is 2.46. The van der Waals surface area contributed by atoms with Gasteiger partial charge in [-0.2, -0.15) is 0 Å². The highest BCUT2D eigenvalue weighted by atomic mass is 79.9. The predicted octanol–water partition coefficient (Wildman–Crippen LogP) is 4.95. The zero-order valence-electron chi connectivity index (χ0n) is 11.4. The van der Waals surface area contributed by atoms with Crippen molar-refractivity contribution in [1.29, 1.82) is 0 Å². The van der Waals surface area contributed by atoms with Gasteiger partial charge in [-0.1, -0.05) is 12.1 Å². The molecule has 0 fully saturated rings. The van der Waals surface area contributed by atoms with Gasteiger partial charge in [-0.25, -0.2) is 4.39 Å². The van der Waals surface area contributed by atoms with Crippen molar-refractivity contribution in [1.82, 2.24) is 0 Å². The van der Waals surface area contributed by atoms with Gasteiger partial charge in [0.25, 0.3) is 0 Å². The first-order valence-electron chi connectivity index (χ1n) is 6.37. The summed E-state index contributed by atoms with van der Waals surface area (Å²) in [5, 5.41) is 0. The predicted molar refractivity (Wildman–Crippen MR) is 83.2 cm³/mol. The van der Waals surface area contributed by atoms with Crippen LogP contribution in [-0.2, 0) is 0 Å². The van der Waals surface area contributed by atoms with E-state index in [0.717, 1.165) is 10.2 Å². The van der Waals surface area contributed by atoms with E-state index in [1.807, 2.05) is 24.0 Å². The minimum absolute atomic E-state index is 0.00244. The van der Waals surface area contributed by atoms with Crippen molar-refractivity contribution in [2.24, 2.45) is 0 Å². The summed E-state index contributed by atoms with van der Waals surface area (Å²) >= 11 is 3.40. The van der Waals surface area contributed by atoms with E-state index in [9.17, 15) is 9.18 Å². The second kappa shape index (κ2) is 6.18. The van der Waals surface area contributed by atoms with Crippen LogP contribution in [0.4, 0.5) is 15.8 Å². The molecule has 0 atom stereocenters. The topological polar surface area (TPSA) is 20.3 Å². The molecule has 2 aromatic carbocycles. The van der Waals surface area contributed by atoms with Crippen molar-refractivity contribution < 1.29 is 9.18 Å². The Kier molecular flexibility index (Phi) is 4.55. The third-order valence-electron chi connectivity index (χ3n) is 3.10. The summed E-state index contributed by atoms with van der Waals surface area (Å²) in [7, 11) is 0. The molecule has 104 valence electrons. The lowest BCUT2D eigenvalue weighted by Gasteiger charge is -2.24. The minimum atomic E-state index is -0.263. The molecular weight excluding hydrogens is 321 g/mol. The molecule has 0 aromatic heterocycles. The van der Waals surface area contributed by atoms with Crippen LogP contribution in [0.2, 0.25) is 0 Å². The van der Waals surface area contributed by atoms with E-state index in [2.05, 4.69) is 15.9 Å². The molecule has 0 unspecified atom stereocenters. The molecule has 0 radical (unpaired) electrons. The highest BCUT2D eigenvalue weighted by Gasteiger charge is 2.13. The van der Waals surface area contributed by atoms with Gasteiger partial charge in [0.2, 0.25) is 0 Å². The minimum Gasteiger partial charge on any atom is -0.339 e. The fraction of sp³-hybridized carbons (Fsp3) is 0.188. The van der Waals surface area contributed by atoms with Gasteiger partial charge in [0.05, 0.1) is 5.69 Å². The quantitative estimate of drug-likeness (QED) is 0.737. The first-order chi connectivity index (χ1) is 9.54. The Labute approximate surface area is 126 Å².